The quantitative estimate of drug-likeness (QED) is 0.920. The number of benzene rings is 1. The summed E-state index contributed by atoms with van der Waals surface area (Å²) in [4.78, 5) is 2.35. The Morgan fingerprint density at radius 3 is 2.91 bits per heavy atom. The molecule has 1 aliphatic heterocycles. The molecule has 0 bridgehead atoms. The van der Waals surface area contributed by atoms with Gasteiger partial charge in [-0.2, -0.15) is 0 Å². The molecule has 0 spiro atoms. The van der Waals surface area contributed by atoms with E-state index in [1.54, 1.807) is 0 Å². The second kappa shape index (κ2) is 7.03. The van der Waals surface area contributed by atoms with Crippen LogP contribution in [0, 0.1) is 0 Å². The van der Waals surface area contributed by atoms with E-state index in [0.29, 0.717) is 12.5 Å². The standard InChI is InChI=1S/C17H24N4O/c1-2-21-13-18-19-17(21)15-9-6-10-20(11-15)12-16(22)14-7-4-3-5-8-14/h3-5,7-8,13,15-16,22H,2,6,9-12H2,1H3. The Morgan fingerprint density at radius 1 is 1.32 bits per heavy atom. The largest absolute Gasteiger partial charge is 0.387 e. The third kappa shape index (κ3) is 3.36. The number of aliphatic hydroxyl groups is 1. The SMILES string of the molecule is CCn1cnnc1C1CCCN(CC(O)c2ccccc2)C1. The van der Waals surface area contributed by atoms with Gasteiger partial charge in [0, 0.05) is 25.6 Å². The van der Waals surface area contributed by atoms with Gasteiger partial charge in [-0.25, -0.2) is 0 Å². The van der Waals surface area contributed by atoms with E-state index in [0.717, 1.165) is 43.9 Å². The number of piperidine rings is 1. The Morgan fingerprint density at radius 2 is 2.14 bits per heavy atom. The molecule has 2 heterocycles. The molecule has 3 rings (SSSR count). The monoisotopic (exact) mass is 300 g/mol. The van der Waals surface area contributed by atoms with Crippen molar-refractivity contribution in [2.45, 2.75) is 38.3 Å². The first kappa shape index (κ1) is 15.2. The van der Waals surface area contributed by atoms with Gasteiger partial charge >= 0.3 is 0 Å². The molecule has 2 aromatic rings. The van der Waals surface area contributed by atoms with Gasteiger partial charge < -0.3 is 9.67 Å². The van der Waals surface area contributed by atoms with Crippen molar-refractivity contribution in [3.8, 4) is 0 Å². The molecule has 2 unspecified atom stereocenters. The van der Waals surface area contributed by atoms with Gasteiger partial charge in [-0.3, -0.25) is 4.90 Å². The maximum atomic E-state index is 10.4. The summed E-state index contributed by atoms with van der Waals surface area (Å²) in [5, 5.41) is 18.8. The Bertz CT molecular complexity index is 583. The smallest absolute Gasteiger partial charge is 0.137 e. The number of rotatable bonds is 5. The van der Waals surface area contributed by atoms with Gasteiger partial charge in [-0.05, 0) is 31.9 Å². The van der Waals surface area contributed by atoms with Gasteiger partial charge in [-0.15, -0.1) is 10.2 Å². The van der Waals surface area contributed by atoms with E-state index in [4.69, 9.17) is 0 Å². The summed E-state index contributed by atoms with van der Waals surface area (Å²) in [6, 6.07) is 9.90. The first-order chi connectivity index (χ1) is 10.8. The Labute approximate surface area is 131 Å². The maximum absolute atomic E-state index is 10.4. The predicted octanol–water partition coefficient (Wildman–Crippen LogP) is 2.21. The highest BCUT2D eigenvalue weighted by Gasteiger charge is 2.26. The number of aryl methyl sites for hydroxylation is 1. The lowest BCUT2D eigenvalue weighted by molar-refractivity contribution is 0.0940. The molecule has 1 fully saturated rings. The first-order valence-corrected chi connectivity index (χ1v) is 8.11. The van der Waals surface area contributed by atoms with E-state index < -0.39 is 6.10 Å². The zero-order valence-electron chi connectivity index (χ0n) is 13.1. The molecule has 0 radical (unpaired) electrons. The van der Waals surface area contributed by atoms with Crippen LogP contribution in [0.5, 0.6) is 0 Å². The summed E-state index contributed by atoms with van der Waals surface area (Å²) in [6.45, 7) is 5.70. The summed E-state index contributed by atoms with van der Waals surface area (Å²) in [5.41, 5.74) is 0.987. The highest BCUT2D eigenvalue weighted by Crippen LogP contribution is 2.26. The fraction of sp³-hybridized carbons (Fsp3) is 0.529. The van der Waals surface area contributed by atoms with Crippen molar-refractivity contribution in [3.05, 3.63) is 48.0 Å². The van der Waals surface area contributed by atoms with Crippen molar-refractivity contribution >= 4 is 0 Å². The molecule has 0 amide bonds. The van der Waals surface area contributed by atoms with Crippen LogP contribution in [0.2, 0.25) is 0 Å². The van der Waals surface area contributed by atoms with Crippen LogP contribution < -0.4 is 0 Å². The normalized spacial score (nSPS) is 20.9. The Hall–Kier alpha value is -1.72. The molecular weight excluding hydrogens is 276 g/mol. The van der Waals surface area contributed by atoms with Gasteiger partial charge in [0.25, 0.3) is 0 Å². The van der Waals surface area contributed by atoms with Crippen LogP contribution in [0.15, 0.2) is 36.7 Å². The predicted molar refractivity (Wildman–Crippen MR) is 85.5 cm³/mol. The summed E-state index contributed by atoms with van der Waals surface area (Å²) in [5.74, 6) is 1.50. The second-order valence-electron chi connectivity index (χ2n) is 6.00. The highest BCUT2D eigenvalue weighted by molar-refractivity contribution is 5.17. The Kier molecular flexibility index (Phi) is 4.85. The average Bonchev–Trinajstić information content (AvgIpc) is 3.04. The van der Waals surface area contributed by atoms with Crippen molar-refractivity contribution in [2.75, 3.05) is 19.6 Å². The Balaban J connectivity index is 1.63. The molecule has 22 heavy (non-hydrogen) atoms. The second-order valence-corrected chi connectivity index (χ2v) is 6.00. The van der Waals surface area contributed by atoms with Crippen LogP contribution in [0.25, 0.3) is 0 Å². The number of hydrogen-bond donors (Lipinski definition) is 1. The summed E-state index contributed by atoms with van der Waals surface area (Å²) in [7, 11) is 0. The van der Waals surface area contributed by atoms with Crippen LogP contribution in [-0.4, -0.2) is 44.4 Å². The summed E-state index contributed by atoms with van der Waals surface area (Å²) >= 11 is 0. The minimum absolute atomic E-state index is 0.416. The first-order valence-electron chi connectivity index (χ1n) is 8.11. The molecule has 1 aliphatic rings. The molecule has 5 nitrogen and oxygen atoms in total. The molecule has 1 N–H and O–H groups in total. The van der Waals surface area contributed by atoms with Gasteiger partial charge in [-0.1, -0.05) is 30.3 Å². The van der Waals surface area contributed by atoms with Crippen LogP contribution in [0.1, 0.15) is 43.2 Å². The van der Waals surface area contributed by atoms with Gasteiger partial charge in [0.1, 0.15) is 12.2 Å². The van der Waals surface area contributed by atoms with E-state index in [1.807, 2.05) is 36.7 Å². The summed E-state index contributed by atoms with van der Waals surface area (Å²) in [6.07, 6.45) is 3.68. The van der Waals surface area contributed by atoms with Crippen molar-refractivity contribution in [1.29, 1.82) is 0 Å². The number of nitrogens with zero attached hydrogens (tertiary/aromatic N) is 4. The number of hydrogen-bond acceptors (Lipinski definition) is 4. The third-order valence-corrected chi connectivity index (χ3v) is 4.47. The molecule has 2 atom stereocenters. The van der Waals surface area contributed by atoms with Crippen LogP contribution in [-0.2, 0) is 6.54 Å². The zero-order valence-corrected chi connectivity index (χ0v) is 13.1. The van der Waals surface area contributed by atoms with Gasteiger partial charge in [0.2, 0.25) is 0 Å². The van der Waals surface area contributed by atoms with Crippen molar-refractivity contribution in [3.63, 3.8) is 0 Å². The molecule has 1 aromatic carbocycles. The molecule has 1 aromatic heterocycles. The minimum atomic E-state index is -0.427. The molecular formula is C17H24N4O. The fourth-order valence-electron chi connectivity index (χ4n) is 3.28. The van der Waals surface area contributed by atoms with E-state index in [2.05, 4.69) is 26.6 Å². The third-order valence-electron chi connectivity index (χ3n) is 4.47. The number of aromatic nitrogens is 3. The highest BCUT2D eigenvalue weighted by atomic mass is 16.3. The van der Waals surface area contributed by atoms with Gasteiger partial charge in [0.05, 0.1) is 6.10 Å². The van der Waals surface area contributed by atoms with Crippen molar-refractivity contribution in [2.24, 2.45) is 0 Å². The molecule has 0 saturated carbocycles. The zero-order chi connectivity index (χ0) is 15.4. The lowest BCUT2D eigenvalue weighted by Crippen LogP contribution is -2.38. The number of β-amino-alcohol motifs (C(OH)–C–C–N with tert-alkyl or cyclic N) is 1. The van der Waals surface area contributed by atoms with Crippen LogP contribution in [0.3, 0.4) is 0 Å². The van der Waals surface area contributed by atoms with Crippen molar-refractivity contribution < 1.29 is 5.11 Å². The lowest BCUT2D eigenvalue weighted by atomic mass is 9.96. The molecule has 118 valence electrons. The molecule has 0 aliphatic carbocycles. The van der Waals surface area contributed by atoms with Gasteiger partial charge in [0.15, 0.2) is 0 Å². The molecule has 5 heteroatoms. The van der Waals surface area contributed by atoms with E-state index in [9.17, 15) is 5.11 Å². The number of likely N-dealkylation sites (tertiary alicyclic amines) is 1. The van der Waals surface area contributed by atoms with E-state index in [1.165, 1.54) is 0 Å². The van der Waals surface area contributed by atoms with E-state index in [-0.39, 0.29) is 0 Å². The topological polar surface area (TPSA) is 54.2 Å². The average molecular weight is 300 g/mol. The van der Waals surface area contributed by atoms with E-state index >= 15 is 0 Å². The van der Waals surface area contributed by atoms with Crippen LogP contribution in [0.4, 0.5) is 0 Å². The minimum Gasteiger partial charge on any atom is -0.387 e. The van der Waals surface area contributed by atoms with Crippen molar-refractivity contribution in [1.82, 2.24) is 19.7 Å². The summed E-state index contributed by atoms with van der Waals surface area (Å²) < 4.78 is 2.13. The lowest BCUT2D eigenvalue weighted by Gasteiger charge is -2.33. The maximum Gasteiger partial charge on any atom is 0.137 e. The fourth-order valence-corrected chi connectivity index (χ4v) is 3.28. The number of aliphatic hydroxyl groups excluding tert-OH is 1. The van der Waals surface area contributed by atoms with Crippen LogP contribution >= 0.6 is 0 Å². The molecule has 1 saturated heterocycles.